The number of aryl methyl sites for hydroxylation is 1. The Bertz CT molecular complexity index is 443. The molecule has 0 N–H and O–H groups in total. The number of nitrogens with zero attached hydrogens (tertiary/aromatic N) is 1. The monoisotopic (exact) mass is 251 g/mol. The van der Waals surface area contributed by atoms with Crippen molar-refractivity contribution in [3.63, 3.8) is 0 Å². The van der Waals surface area contributed by atoms with Crippen molar-refractivity contribution in [1.82, 2.24) is 4.98 Å². The summed E-state index contributed by atoms with van der Waals surface area (Å²) in [6.07, 6.45) is 3.80. The zero-order chi connectivity index (χ0) is 13.5. The number of aromatic nitrogens is 1. The Labute approximate surface area is 106 Å². The summed E-state index contributed by atoms with van der Waals surface area (Å²) in [6.45, 7) is 3.97. The van der Waals surface area contributed by atoms with Gasteiger partial charge < -0.3 is 9.47 Å². The molecule has 18 heavy (non-hydrogen) atoms. The number of rotatable bonds is 5. The van der Waals surface area contributed by atoms with E-state index in [1.807, 2.05) is 6.92 Å². The molecule has 0 radical (unpaired) electrons. The SMILES string of the molecule is CCOC(=O)CCc1c(C)cncc1C(=O)OC. The maximum atomic E-state index is 11.6. The second-order valence-electron chi connectivity index (χ2n) is 3.78. The second kappa shape index (κ2) is 6.74. The van der Waals surface area contributed by atoms with Crippen LogP contribution in [0.5, 0.6) is 0 Å². The van der Waals surface area contributed by atoms with Crippen molar-refractivity contribution in [2.75, 3.05) is 13.7 Å². The molecule has 98 valence electrons. The molecule has 0 saturated heterocycles. The van der Waals surface area contributed by atoms with Crippen molar-refractivity contribution in [1.29, 1.82) is 0 Å². The van der Waals surface area contributed by atoms with Crippen molar-refractivity contribution in [2.45, 2.75) is 26.7 Å². The van der Waals surface area contributed by atoms with Crippen molar-refractivity contribution >= 4 is 11.9 Å². The highest BCUT2D eigenvalue weighted by Crippen LogP contribution is 2.16. The third kappa shape index (κ3) is 3.55. The van der Waals surface area contributed by atoms with Crippen molar-refractivity contribution < 1.29 is 19.1 Å². The van der Waals surface area contributed by atoms with E-state index in [1.54, 1.807) is 13.1 Å². The number of esters is 2. The minimum atomic E-state index is -0.440. The molecule has 1 aromatic rings. The Morgan fingerprint density at radius 3 is 2.67 bits per heavy atom. The molecule has 0 unspecified atom stereocenters. The fourth-order valence-corrected chi connectivity index (χ4v) is 1.67. The zero-order valence-corrected chi connectivity index (χ0v) is 10.9. The van der Waals surface area contributed by atoms with Gasteiger partial charge in [-0.2, -0.15) is 0 Å². The number of hydrogen-bond donors (Lipinski definition) is 0. The summed E-state index contributed by atoms with van der Waals surface area (Å²) < 4.78 is 9.55. The zero-order valence-electron chi connectivity index (χ0n) is 10.9. The average Bonchev–Trinajstić information content (AvgIpc) is 2.36. The van der Waals surface area contributed by atoms with Gasteiger partial charge >= 0.3 is 11.9 Å². The molecular weight excluding hydrogens is 234 g/mol. The molecule has 0 aromatic carbocycles. The molecule has 0 amide bonds. The summed E-state index contributed by atoms with van der Waals surface area (Å²) in [5.74, 6) is -0.713. The number of hydrogen-bond acceptors (Lipinski definition) is 5. The van der Waals surface area contributed by atoms with Crippen molar-refractivity contribution in [3.8, 4) is 0 Å². The lowest BCUT2D eigenvalue weighted by Gasteiger charge is -2.10. The van der Waals surface area contributed by atoms with Gasteiger partial charge in [0.15, 0.2) is 0 Å². The van der Waals surface area contributed by atoms with Crippen LogP contribution in [0.4, 0.5) is 0 Å². The number of ether oxygens (including phenoxy) is 2. The second-order valence-corrected chi connectivity index (χ2v) is 3.78. The minimum absolute atomic E-state index is 0.239. The molecule has 0 aliphatic heterocycles. The van der Waals surface area contributed by atoms with Crippen LogP contribution in [0.15, 0.2) is 12.4 Å². The summed E-state index contributed by atoms with van der Waals surface area (Å²) in [5.41, 5.74) is 2.05. The lowest BCUT2D eigenvalue weighted by Crippen LogP contribution is -2.11. The molecule has 0 fully saturated rings. The fourth-order valence-electron chi connectivity index (χ4n) is 1.67. The number of carbonyl (C=O) groups excluding carboxylic acids is 2. The average molecular weight is 251 g/mol. The Morgan fingerprint density at radius 2 is 2.06 bits per heavy atom. The van der Waals surface area contributed by atoms with E-state index in [0.29, 0.717) is 18.6 Å². The predicted octanol–water partition coefficient (Wildman–Crippen LogP) is 1.67. The molecule has 1 rings (SSSR count). The van der Waals surface area contributed by atoms with Crippen LogP contribution in [0, 0.1) is 6.92 Å². The lowest BCUT2D eigenvalue weighted by atomic mass is 10.0. The maximum absolute atomic E-state index is 11.6. The first kappa shape index (κ1) is 14.2. The Morgan fingerprint density at radius 1 is 1.33 bits per heavy atom. The Hall–Kier alpha value is -1.91. The smallest absolute Gasteiger partial charge is 0.339 e. The van der Waals surface area contributed by atoms with Crippen molar-refractivity contribution in [3.05, 3.63) is 29.1 Å². The molecule has 5 heteroatoms. The highest BCUT2D eigenvalue weighted by Gasteiger charge is 2.15. The van der Waals surface area contributed by atoms with Gasteiger partial charge in [0.1, 0.15) is 0 Å². The largest absolute Gasteiger partial charge is 0.466 e. The summed E-state index contributed by atoms with van der Waals surface area (Å²) >= 11 is 0. The normalized spacial score (nSPS) is 9.94. The van der Waals surface area contributed by atoms with E-state index in [4.69, 9.17) is 9.47 Å². The lowest BCUT2D eigenvalue weighted by molar-refractivity contribution is -0.143. The first-order valence-electron chi connectivity index (χ1n) is 5.77. The molecular formula is C13H17NO4. The van der Waals surface area contributed by atoms with E-state index in [9.17, 15) is 9.59 Å². The molecule has 0 aliphatic carbocycles. The first-order valence-corrected chi connectivity index (χ1v) is 5.77. The number of pyridine rings is 1. The van der Waals surface area contributed by atoms with E-state index in [-0.39, 0.29) is 12.4 Å². The summed E-state index contributed by atoms with van der Waals surface area (Å²) in [5, 5.41) is 0. The molecule has 0 aliphatic rings. The molecule has 1 heterocycles. The van der Waals surface area contributed by atoms with Crippen LogP contribution in [0.1, 0.15) is 34.8 Å². The summed E-state index contributed by atoms with van der Waals surface area (Å²) in [7, 11) is 1.32. The third-order valence-electron chi connectivity index (χ3n) is 2.56. The van der Waals surface area contributed by atoms with Gasteiger partial charge in [-0.25, -0.2) is 4.79 Å². The summed E-state index contributed by atoms with van der Waals surface area (Å²) in [6, 6.07) is 0. The number of methoxy groups -OCH3 is 1. The maximum Gasteiger partial charge on any atom is 0.339 e. The number of carbonyl (C=O) groups is 2. The van der Waals surface area contributed by atoms with E-state index in [2.05, 4.69) is 4.98 Å². The molecule has 0 spiro atoms. The van der Waals surface area contributed by atoms with Crippen LogP contribution in [-0.2, 0) is 20.7 Å². The van der Waals surface area contributed by atoms with Gasteiger partial charge in [-0.3, -0.25) is 9.78 Å². The highest BCUT2D eigenvalue weighted by molar-refractivity contribution is 5.91. The van der Waals surface area contributed by atoms with Crippen LogP contribution in [0.25, 0.3) is 0 Å². The van der Waals surface area contributed by atoms with E-state index >= 15 is 0 Å². The van der Waals surface area contributed by atoms with Crippen molar-refractivity contribution in [2.24, 2.45) is 0 Å². The molecule has 5 nitrogen and oxygen atoms in total. The standard InChI is InChI=1S/C13H17NO4/c1-4-18-12(15)6-5-10-9(2)7-14-8-11(10)13(16)17-3/h7-8H,4-6H2,1-3H3. The molecule has 0 bridgehead atoms. The van der Waals surface area contributed by atoms with E-state index < -0.39 is 5.97 Å². The van der Waals surface area contributed by atoms with E-state index in [0.717, 1.165) is 11.1 Å². The third-order valence-corrected chi connectivity index (χ3v) is 2.56. The van der Waals surface area contributed by atoms with Gasteiger partial charge in [-0.15, -0.1) is 0 Å². The predicted molar refractivity (Wildman–Crippen MR) is 65.3 cm³/mol. The van der Waals surface area contributed by atoms with Gasteiger partial charge in [0.05, 0.1) is 19.3 Å². The van der Waals surface area contributed by atoms with Crippen LogP contribution in [-0.4, -0.2) is 30.6 Å². The quantitative estimate of drug-likeness (QED) is 0.745. The van der Waals surface area contributed by atoms with Crippen LogP contribution < -0.4 is 0 Å². The topological polar surface area (TPSA) is 65.5 Å². The summed E-state index contributed by atoms with van der Waals surface area (Å²) in [4.78, 5) is 26.9. The van der Waals surface area contributed by atoms with Crippen LogP contribution in [0.3, 0.4) is 0 Å². The van der Waals surface area contributed by atoms with Gasteiger partial charge in [0, 0.05) is 18.8 Å². The van der Waals surface area contributed by atoms with Gasteiger partial charge in [0.25, 0.3) is 0 Å². The Kier molecular flexibility index (Phi) is 5.30. The van der Waals surface area contributed by atoms with Gasteiger partial charge in [-0.1, -0.05) is 0 Å². The van der Waals surface area contributed by atoms with Crippen LogP contribution in [0.2, 0.25) is 0 Å². The highest BCUT2D eigenvalue weighted by atomic mass is 16.5. The minimum Gasteiger partial charge on any atom is -0.466 e. The molecule has 0 atom stereocenters. The Balaban J connectivity index is 2.86. The van der Waals surface area contributed by atoms with Gasteiger partial charge in [0.2, 0.25) is 0 Å². The van der Waals surface area contributed by atoms with E-state index in [1.165, 1.54) is 13.3 Å². The van der Waals surface area contributed by atoms with Crippen LogP contribution >= 0.6 is 0 Å². The molecule has 1 aromatic heterocycles. The molecule has 0 saturated carbocycles. The van der Waals surface area contributed by atoms with Gasteiger partial charge in [-0.05, 0) is 31.4 Å². The fraction of sp³-hybridized carbons (Fsp3) is 0.462. The first-order chi connectivity index (χ1) is 8.60.